The van der Waals surface area contributed by atoms with Crippen LogP contribution in [0.4, 0.5) is 4.39 Å². The Balaban J connectivity index is 1.59. The third-order valence-electron chi connectivity index (χ3n) is 4.21. The van der Waals surface area contributed by atoms with Crippen molar-refractivity contribution in [3.05, 3.63) is 35.6 Å². The third kappa shape index (κ3) is 6.56. The number of carbonyl (C=O) groups excluding carboxylic acids is 1. The van der Waals surface area contributed by atoms with Crippen molar-refractivity contribution in [1.82, 2.24) is 16.0 Å². The molecule has 2 rings (SSSR count). The highest BCUT2D eigenvalue weighted by Gasteiger charge is 2.16. The number of rotatable bonds is 7. The van der Waals surface area contributed by atoms with Crippen LogP contribution in [-0.4, -0.2) is 38.0 Å². The van der Waals surface area contributed by atoms with Crippen molar-refractivity contribution >= 4 is 11.9 Å². The van der Waals surface area contributed by atoms with Gasteiger partial charge < -0.3 is 16.0 Å². The lowest BCUT2D eigenvalue weighted by Gasteiger charge is -2.14. The van der Waals surface area contributed by atoms with E-state index in [1.807, 2.05) is 0 Å². The summed E-state index contributed by atoms with van der Waals surface area (Å²) >= 11 is 0. The van der Waals surface area contributed by atoms with E-state index in [4.69, 9.17) is 0 Å². The maximum atomic E-state index is 12.8. The molecule has 0 bridgehead atoms. The highest BCUT2D eigenvalue weighted by molar-refractivity contribution is 5.81. The van der Waals surface area contributed by atoms with Gasteiger partial charge in [0.1, 0.15) is 5.82 Å². The first-order valence-electron chi connectivity index (χ1n) is 8.65. The number of nitrogens with zero attached hydrogens (tertiary/aromatic N) is 1. The molecule has 0 spiro atoms. The van der Waals surface area contributed by atoms with E-state index in [9.17, 15) is 9.18 Å². The van der Waals surface area contributed by atoms with Gasteiger partial charge in [0.15, 0.2) is 5.96 Å². The summed E-state index contributed by atoms with van der Waals surface area (Å²) in [6.45, 7) is 1.24. The first-order chi connectivity index (χ1) is 11.7. The predicted octanol–water partition coefficient (Wildman–Crippen LogP) is 1.98. The summed E-state index contributed by atoms with van der Waals surface area (Å²) in [6.07, 6.45) is 5.86. The summed E-state index contributed by atoms with van der Waals surface area (Å²) in [7, 11) is 1.70. The van der Waals surface area contributed by atoms with Crippen molar-refractivity contribution in [2.24, 2.45) is 4.99 Å². The van der Waals surface area contributed by atoms with E-state index >= 15 is 0 Å². The fourth-order valence-corrected chi connectivity index (χ4v) is 2.86. The summed E-state index contributed by atoms with van der Waals surface area (Å²) in [6, 6.07) is 6.85. The van der Waals surface area contributed by atoms with Gasteiger partial charge in [-0.3, -0.25) is 9.79 Å². The van der Waals surface area contributed by atoms with Crippen molar-refractivity contribution in [3.8, 4) is 0 Å². The Hall–Kier alpha value is -2.11. The third-order valence-corrected chi connectivity index (χ3v) is 4.21. The normalized spacial score (nSPS) is 15.3. The van der Waals surface area contributed by atoms with Gasteiger partial charge in [-0.1, -0.05) is 25.0 Å². The molecule has 3 N–H and O–H groups in total. The number of aliphatic imine (C=N–C) groups is 1. The Morgan fingerprint density at radius 2 is 1.83 bits per heavy atom. The highest BCUT2D eigenvalue weighted by atomic mass is 19.1. The zero-order chi connectivity index (χ0) is 17.2. The maximum Gasteiger partial charge on any atom is 0.221 e. The molecule has 1 aromatic carbocycles. The number of nitrogens with one attached hydrogen (secondary N) is 3. The molecule has 1 aliphatic rings. The van der Waals surface area contributed by atoms with Crippen LogP contribution < -0.4 is 16.0 Å². The topological polar surface area (TPSA) is 65.5 Å². The highest BCUT2D eigenvalue weighted by Crippen LogP contribution is 2.17. The van der Waals surface area contributed by atoms with Crippen LogP contribution in [0.2, 0.25) is 0 Å². The van der Waals surface area contributed by atoms with Crippen LogP contribution in [0.15, 0.2) is 29.3 Å². The Kier molecular flexibility index (Phi) is 7.52. The molecule has 6 heteroatoms. The summed E-state index contributed by atoms with van der Waals surface area (Å²) in [5.41, 5.74) is 1.07. The van der Waals surface area contributed by atoms with E-state index in [1.54, 1.807) is 19.2 Å². The second-order valence-electron chi connectivity index (χ2n) is 6.10. The standard InChI is InChI=1S/C18H27FN4O/c1-20-18(21-12-10-14-6-8-15(19)9-7-14)22-13-11-17(24)23-16-4-2-3-5-16/h6-9,16H,2-5,10-13H2,1H3,(H,23,24)(H2,20,21,22). The number of carbonyl (C=O) groups is 1. The van der Waals surface area contributed by atoms with Crippen LogP contribution in [0.5, 0.6) is 0 Å². The molecule has 0 saturated heterocycles. The van der Waals surface area contributed by atoms with Crippen molar-refractivity contribution < 1.29 is 9.18 Å². The van der Waals surface area contributed by atoms with Gasteiger partial charge in [-0.2, -0.15) is 0 Å². The smallest absolute Gasteiger partial charge is 0.221 e. The first kappa shape index (κ1) is 18.2. The minimum absolute atomic E-state index is 0.0937. The van der Waals surface area contributed by atoms with Crippen LogP contribution in [0, 0.1) is 5.82 Å². The monoisotopic (exact) mass is 334 g/mol. The minimum atomic E-state index is -0.222. The SMILES string of the molecule is CN=C(NCCC(=O)NC1CCCC1)NCCc1ccc(F)cc1. The number of amides is 1. The fourth-order valence-electron chi connectivity index (χ4n) is 2.86. The average molecular weight is 334 g/mol. The Morgan fingerprint density at radius 3 is 2.50 bits per heavy atom. The number of halogens is 1. The van der Waals surface area contributed by atoms with Crippen LogP contribution in [0.1, 0.15) is 37.7 Å². The second-order valence-corrected chi connectivity index (χ2v) is 6.10. The molecule has 0 atom stereocenters. The number of hydrogen-bond donors (Lipinski definition) is 3. The Morgan fingerprint density at radius 1 is 1.17 bits per heavy atom. The molecular formula is C18H27FN4O. The van der Waals surface area contributed by atoms with E-state index < -0.39 is 0 Å². The van der Waals surface area contributed by atoms with E-state index in [2.05, 4.69) is 20.9 Å². The second kappa shape index (κ2) is 9.90. The van der Waals surface area contributed by atoms with Crippen molar-refractivity contribution in [3.63, 3.8) is 0 Å². The van der Waals surface area contributed by atoms with Gasteiger partial charge in [0.2, 0.25) is 5.91 Å². The molecule has 0 aromatic heterocycles. The van der Waals surface area contributed by atoms with Crippen LogP contribution in [-0.2, 0) is 11.2 Å². The van der Waals surface area contributed by atoms with Crippen molar-refractivity contribution in [1.29, 1.82) is 0 Å². The van der Waals surface area contributed by atoms with Gasteiger partial charge in [-0.15, -0.1) is 0 Å². The molecule has 5 nitrogen and oxygen atoms in total. The molecule has 1 aromatic rings. The summed E-state index contributed by atoms with van der Waals surface area (Å²) in [5, 5.41) is 9.40. The molecule has 1 saturated carbocycles. The molecular weight excluding hydrogens is 307 g/mol. The van der Waals surface area contributed by atoms with Crippen LogP contribution in [0.3, 0.4) is 0 Å². The molecule has 0 aliphatic heterocycles. The van der Waals surface area contributed by atoms with Gasteiger partial charge in [0.05, 0.1) is 0 Å². The molecule has 0 radical (unpaired) electrons. The van der Waals surface area contributed by atoms with E-state index in [0.717, 1.165) is 24.8 Å². The molecule has 0 unspecified atom stereocenters. The summed E-state index contributed by atoms with van der Waals surface area (Å²) in [5.74, 6) is 0.544. The summed E-state index contributed by atoms with van der Waals surface area (Å²) in [4.78, 5) is 16.0. The van der Waals surface area contributed by atoms with E-state index in [-0.39, 0.29) is 11.7 Å². The lowest BCUT2D eigenvalue weighted by atomic mass is 10.1. The average Bonchev–Trinajstić information content (AvgIpc) is 3.08. The first-order valence-corrected chi connectivity index (χ1v) is 8.65. The van der Waals surface area contributed by atoms with Crippen molar-refractivity contribution in [2.45, 2.75) is 44.6 Å². The van der Waals surface area contributed by atoms with Gasteiger partial charge >= 0.3 is 0 Å². The Labute approximate surface area is 143 Å². The molecule has 132 valence electrons. The largest absolute Gasteiger partial charge is 0.356 e. The lowest BCUT2D eigenvalue weighted by Crippen LogP contribution is -2.41. The van der Waals surface area contributed by atoms with Crippen LogP contribution >= 0.6 is 0 Å². The molecule has 24 heavy (non-hydrogen) atoms. The zero-order valence-corrected chi connectivity index (χ0v) is 14.3. The molecule has 1 fully saturated rings. The predicted molar refractivity (Wildman–Crippen MR) is 94.5 cm³/mol. The van der Waals surface area contributed by atoms with E-state index in [0.29, 0.717) is 31.5 Å². The molecule has 1 aliphatic carbocycles. The van der Waals surface area contributed by atoms with Gasteiger partial charge in [0, 0.05) is 32.6 Å². The molecule has 0 heterocycles. The van der Waals surface area contributed by atoms with Crippen LogP contribution in [0.25, 0.3) is 0 Å². The number of benzene rings is 1. The van der Waals surface area contributed by atoms with Crippen molar-refractivity contribution in [2.75, 3.05) is 20.1 Å². The van der Waals surface area contributed by atoms with E-state index in [1.165, 1.54) is 25.0 Å². The summed E-state index contributed by atoms with van der Waals surface area (Å²) < 4.78 is 12.8. The molecule has 1 amide bonds. The lowest BCUT2D eigenvalue weighted by molar-refractivity contribution is -0.121. The fraction of sp³-hybridized carbons (Fsp3) is 0.556. The van der Waals surface area contributed by atoms with Gasteiger partial charge in [-0.05, 0) is 37.0 Å². The Bertz CT molecular complexity index is 538. The number of hydrogen-bond acceptors (Lipinski definition) is 2. The minimum Gasteiger partial charge on any atom is -0.356 e. The number of guanidine groups is 1. The van der Waals surface area contributed by atoms with Gasteiger partial charge in [0.25, 0.3) is 0 Å². The zero-order valence-electron chi connectivity index (χ0n) is 14.3. The van der Waals surface area contributed by atoms with Gasteiger partial charge in [-0.25, -0.2) is 4.39 Å². The quantitative estimate of drug-likeness (QED) is 0.528. The maximum absolute atomic E-state index is 12.8.